The molecule has 6 saturated carbocycles. The highest BCUT2D eigenvalue weighted by atomic mass is 16.6. The van der Waals surface area contributed by atoms with Gasteiger partial charge in [0.05, 0.1) is 5.60 Å². The minimum Gasteiger partial charge on any atom is -0.458 e. The molecule has 0 aromatic heterocycles. The van der Waals surface area contributed by atoms with Crippen LogP contribution in [0, 0.1) is 58.2 Å². The molecular formula is C27H38O4. The zero-order chi connectivity index (χ0) is 21.6. The summed E-state index contributed by atoms with van der Waals surface area (Å²) in [6.07, 6.45) is 9.27. The Morgan fingerprint density at radius 2 is 1.81 bits per heavy atom. The Kier molecular flexibility index (Phi) is 3.53. The van der Waals surface area contributed by atoms with E-state index in [1.807, 2.05) is 0 Å². The van der Waals surface area contributed by atoms with Crippen LogP contribution < -0.4 is 0 Å². The molecule has 4 heteroatoms. The molecule has 0 aromatic rings. The third kappa shape index (κ3) is 1.97. The molecule has 0 amide bonds. The lowest BCUT2D eigenvalue weighted by Crippen LogP contribution is -2.65. The van der Waals surface area contributed by atoms with E-state index < -0.39 is 5.60 Å². The fourth-order valence-electron chi connectivity index (χ4n) is 11.3. The zero-order valence-electron chi connectivity index (χ0n) is 19.4. The van der Waals surface area contributed by atoms with Gasteiger partial charge in [0.2, 0.25) is 0 Å². The van der Waals surface area contributed by atoms with Crippen LogP contribution in [0.15, 0.2) is 0 Å². The van der Waals surface area contributed by atoms with Gasteiger partial charge in [0.15, 0.2) is 0 Å². The Labute approximate surface area is 185 Å². The van der Waals surface area contributed by atoms with Crippen LogP contribution in [0.4, 0.5) is 0 Å². The van der Waals surface area contributed by atoms with Gasteiger partial charge in [-0.25, -0.2) is 0 Å². The Morgan fingerprint density at radius 1 is 1.00 bits per heavy atom. The van der Waals surface area contributed by atoms with Crippen molar-refractivity contribution in [2.24, 2.45) is 58.2 Å². The van der Waals surface area contributed by atoms with Gasteiger partial charge in [-0.1, -0.05) is 27.2 Å². The summed E-state index contributed by atoms with van der Waals surface area (Å²) in [4.78, 5) is 24.8. The average molecular weight is 427 g/mol. The lowest BCUT2D eigenvalue weighted by atomic mass is 9.42. The Morgan fingerprint density at radius 3 is 2.52 bits per heavy atom. The van der Waals surface area contributed by atoms with Gasteiger partial charge in [-0.05, 0) is 80.0 Å². The summed E-state index contributed by atoms with van der Waals surface area (Å²) in [6.45, 7) is 7.11. The first-order valence-electron chi connectivity index (χ1n) is 13.2. The van der Waals surface area contributed by atoms with E-state index in [9.17, 15) is 14.7 Å². The maximum absolute atomic E-state index is 12.4. The van der Waals surface area contributed by atoms with Crippen molar-refractivity contribution in [2.45, 2.75) is 96.2 Å². The van der Waals surface area contributed by atoms with Crippen molar-refractivity contribution in [2.75, 3.05) is 0 Å². The molecule has 170 valence electrons. The molecule has 0 bridgehead atoms. The van der Waals surface area contributed by atoms with E-state index in [2.05, 4.69) is 20.8 Å². The van der Waals surface area contributed by atoms with Crippen molar-refractivity contribution >= 4 is 11.8 Å². The fraction of sp³-hybridized carbons (Fsp3) is 0.926. The van der Waals surface area contributed by atoms with Crippen LogP contribution in [-0.4, -0.2) is 28.1 Å². The Hall–Kier alpha value is -0.900. The first-order valence-corrected chi connectivity index (χ1v) is 13.2. The van der Waals surface area contributed by atoms with Crippen molar-refractivity contribution in [1.82, 2.24) is 0 Å². The molecule has 1 heterocycles. The minimum atomic E-state index is -0.774. The molecule has 4 nitrogen and oxygen atoms in total. The van der Waals surface area contributed by atoms with Crippen LogP contribution in [0.2, 0.25) is 0 Å². The predicted molar refractivity (Wildman–Crippen MR) is 115 cm³/mol. The lowest BCUT2D eigenvalue weighted by molar-refractivity contribution is -0.225. The number of carbonyl (C=O) groups is 2. The highest BCUT2D eigenvalue weighted by Crippen LogP contribution is 2.84. The van der Waals surface area contributed by atoms with Crippen LogP contribution in [0.1, 0.15) is 85.0 Å². The van der Waals surface area contributed by atoms with Crippen molar-refractivity contribution in [3.63, 3.8) is 0 Å². The van der Waals surface area contributed by atoms with Crippen LogP contribution >= 0.6 is 0 Å². The van der Waals surface area contributed by atoms with E-state index in [0.29, 0.717) is 60.7 Å². The SMILES string of the molecule is CCCC1C2C3C4C5CC5C5(O)CC(=O)CCC5(C)C4CCC3(C)C3(CCC(=O)O3)C12. The molecule has 0 aromatic carbocycles. The summed E-state index contributed by atoms with van der Waals surface area (Å²) in [5.74, 6) is 5.01. The van der Waals surface area contributed by atoms with Gasteiger partial charge < -0.3 is 9.84 Å². The third-order valence-electron chi connectivity index (χ3n) is 12.5. The summed E-state index contributed by atoms with van der Waals surface area (Å²) < 4.78 is 6.37. The van der Waals surface area contributed by atoms with Crippen LogP contribution in [0.3, 0.4) is 0 Å². The quantitative estimate of drug-likeness (QED) is 0.659. The van der Waals surface area contributed by atoms with E-state index in [1.165, 1.54) is 12.8 Å². The lowest BCUT2D eigenvalue weighted by Gasteiger charge is -2.64. The number of ketones is 1. The molecule has 6 aliphatic carbocycles. The van der Waals surface area contributed by atoms with Gasteiger partial charge in [-0.3, -0.25) is 9.59 Å². The van der Waals surface area contributed by atoms with Crippen molar-refractivity contribution in [3.05, 3.63) is 0 Å². The largest absolute Gasteiger partial charge is 0.458 e. The smallest absolute Gasteiger partial charge is 0.306 e. The van der Waals surface area contributed by atoms with Crippen LogP contribution in [0.25, 0.3) is 0 Å². The molecule has 7 rings (SSSR count). The highest BCUT2D eigenvalue weighted by molar-refractivity contribution is 5.81. The molecule has 1 aliphatic heterocycles. The van der Waals surface area contributed by atoms with Crippen molar-refractivity contribution in [3.8, 4) is 0 Å². The standard InChI is InChI=1S/C27H38O4/c1-4-5-15-21-22(15)27(11-8-19(29)31-27)25(3)10-7-17-20(23(21)25)16-12-18(16)26(30)13-14(28)6-9-24(17,26)2/h15-18,20-23,30H,4-13H2,1-3H3. The van der Waals surface area contributed by atoms with Crippen molar-refractivity contribution in [1.29, 1.82) is 0 Å². The summed E-state index contributed by atoms with van der Waals surface area (Å²) in [7, 11) is 0. The topological polar surface area (TPSA) is 63.6 Å². The van der Waals surface area contributed by atoms with Gasteiger partial charge in [-0.15, -0.1) is 0 Å². The minimum absolute atomic E-state index is 0.0324. The number of esters is 1. The summed E-state index contributed by atoms with van der Waals surface area (Å²) in [5.41, 5.74) is -1.02. The van der Waals surface area contributed by atoms with E-state index in [4.69, 9.17) is 4.74 Å². The number of carbonyl (C=O) groups excluding carboxylic acids is 2. The number of rotatable bonds is 2. The average Bonchev–Trinajstić information content (AvgIpc) is 3.60. The number of Topliss-reactive ketones (excluding diaryl/α,β-unsaturated/α-hetero) is 1. The molecule has 7 aliphatic rings. The molecule has 1 saturated heterocycles. The first-order chi connectivity index (χ1) is 14.7. The Balaban J connectivity index is 1.32. The normalized spacial score (nSPS) is 63.0. The van der Waals surface area contributed by atoms with Gasteiger partial charge in [-0.2, -0.15) is 0 Å². The molecule has 12 unspecified atom stereocenters. The second-order valence-electron chi connectivity index (χ2n) is 13.1. The number of ether oxygens (including phenoxy) is 1. The fourth-order valence-corrected chi connectivity index (χ4v) is 11.3. The van der Waals surface area contributed by atoms with Gasteiger partial charge in [0.1, 0.15) is 11.4 Å². The molecule has 1 spiro atoms. The van der Waals surface area contributed by atoms with E-state index in [1.54, 1.807) is 0 Å². The second kappa shape index (κ2) is 5.59. The molecule has 12 atom stereocenters. The molecule has 7 fully saturated rings. The van der Waals surface area contributed by atoms with Crippen molar-refractivity contribution < 1.29 is 19.4 Å². The van der Waals surface area contributed by atoms with Gasteiger partial charge in [0.25, 0.3) is 0 Å². The predicted octanol–water partition coefficient (Wildman–Crippen LogP) is 4.53. The maximum Gasteiger partial charge on any atom is 0.306 e. The first kappa shape index (κ1) is 19.6. The second-order valence-corrected chi connectivity index (χ2v) is 13.1. The summed E-state index contributed by atoms with van der Waals surface area (Å²) >= 11 is 0. The number of hydrogen-bond donors (Lipinski definition) is 1. The highest BCUT2D eigenvalue weighted by Gasteiger charge is 2.85. The summed E-state index contributed by atoms with van der Waals surface area (Å²) in [5, 5.41) is 11.9. The Bertz CT molecular complexity index is 882. The molecular weight excluding hydrogens is 388 g/mol. The van der Waals surface area contributed by atoms with Crippen LogP contribution in [-0.2, 0) is 14.3 Å². The maximum atomic E-state index is 12.4. The van der Waals surface area contributed by atoms with Gasteiger partial charge >= 0.3 is 5.97 Å². The van der Waals surface area contributed by atoms with E-state index in [0.717, 1.165) is 38.0 Å². The molecule has 31 heavy (non-hydrogen) atoms. The molecule has 1 N–H and O–H groups in total. The summed E-state index contributed by atoms with van der Waals surface area (Å²) in [6, 6.07) is 0. The monoisotopic (exact) mass is 426 g/mol. The zero-order valence-corrected chi connectivity index (χ0v) is 19.4. The number of aliphatic hydroxyl groups is 1. The van der Waals surface area contributed by atoms with Gasteiger partial charge in [0, 0.05) is 36.0 Å². The van der Waals surface area contributed by atoms with E-state index in [-0.39, 0.29) is 28.2 Å². The number of fused-ring (bicyclic) bond motifs is 12. The van der Waals surface area contributed by atoms with Crippen LogP contribution in [0.5, 0.6) is 0 Å². The van der Waals surface area contributed by atoms with E-state index >= 15 is 0 Å². The molecule has 0 radical (unpaired) electrons. The number of hydrogen-bond acceptors (Lipinski definition) is 4. The third-order valence-corrected chi connectivity index (χ3v) is 12.5.